The number of hydrogen-bond donors (Lipinski definition) is 2. The molecule has 3 nitrogen and oxygen atoms in total. The first-order valence-electron chi connectivity index (χ1n) is 6.42. The topological polar surface area (TPSA) is 41.1 Å². The molecule has 1 amide bonds. The highest BCUT2D eigenvalue weighted by Gasteiger charge is 2.42. The summed E-state index contributed by atoms with van der Waals surface area (Å²) in [5, 5.41) is 8.10. The fraction of sp³-hybridized carbons (Fsp3) is 0.429. The van der Waals surface area contributed by atoms with Gasteiger partial charge in [-0.2, -0.15) is 0 Å². The highest BCUT2D eigenvalue weighted by Crippen LogP contribution is 2.39. The highest BCUT2D eigenvalue weighted by molar-refractivity contribution is 7.79. The molecule has 1 aromatic rings. The molecule has 1 saturated carbocycles. The summed E-state index contributed by atoms with van der Waals surface area (Å²) in [6.45, 7) is 0. The number of benzene rings is 1. The molecule has 0 aromatic heterocycles. The summed E-state index contributed by atoms with van der Waals surface area (Å²) in [5.74, 6) is 0.108. The summed E-state index contributed by atoms with van der Waals surface area (Å²) >= 11 is 4.91. The van der Waals surface area contributed by atoms with Crippen LogP contribution in [0.5, 0.6) is 0 Å². The molecule has 1 aliphatic heterocycles. The molecule has 0 bridgehead atoms. The number of hydrogen-bond acceptors (Lipinski definition) is 3. The van der Waals surface area contributed by atoms with Crippen molar-refractivity contribution in [2.45, 2.75) is 37.6 Å². The van der Waals surface area contributed by atoms with E-state index in [4.69, 9.17) is 12.2 Å². The molecule has 1 fully saturated rings. The van der Waals surface area contributed by atoms with E-state index in [2.05, 4.69) is 10.6 Å². The Hall–Kier alpha value is -1.42. The molecule has 1 aliphatic carbocycles. The Morgan fingerprint density at radius 3 is 2.67 bits per heavy atom. The first-order chi connectivity index (χ1) is 8.73. The van der Waals surface area contributed by atoms with E-state index >= 15 is 0 Å². The summed E-state index contributed by atoms with van der Waals surface area (Å²) in [7, 11) is 0. The minimum atomic E-state index is -0.384. The van der Waals surface area contributed by atoms with Crippen molar-refractivity contribution in [2.24, 2.45) is 0 Å². The lowest BCUT2D eigenvalue weighted by Crippen LogP contribution is -2.53. The smallest absolute Gasteiger partial charge is 0.250 e. The van der Waals surface area contributed by atoms with Gasteiger partial charge in [0.15, 0.2) is 0 Å². The maximum atomic E-state index is 12.3. The zero-order chi connectivity index (χ0) is 12.6. The van der Waals surface area contributed by atoms with Crippen molar-refractivity contribution in [2.75, 3.05) is 10.6 Å². The molecule has 0 atom stereocenters. The van der Waals surface area contributed by atoms with E-state index in [0.29, 0.717) is 0 Å². The summed E-state index contributed by atoms with van der Waals surface area (Å²) in [6.07, 6.45) is 5.31. The lowest BCUT2D eigenvalue weighted by Gasteiger charge is -2.41. The van der Waals surface area contributed by atoms with Gasteiger partial charge in [0.2, 0.25) is 5.91 Å². The van der Waals surface area contributed by atoms with E-state index in [1.54, 1.807) is 5.37 Å². The van der Waals surface area contributed by atoms with Gasteiger partial charge in [-0.15, -0.1) is 0 Å². The zero-order valence-corrected chi connectivity index (χ0v) is 11.0. The molecule has 0 saturated heterocycles. The maximum absolute atomic E-state index is 12.3. The maximum Gasteiger partial charge on any atom is 0.250 e. The third-order valence-corrected chi connectivity index (χ3v) is 4.22. The molecule has 0 unspecified atom stereocenters. The first-order valence-corrected chi connectivity index (χ1v) is 6.90. The minimum Gasteiger partial charge on any atom is -0.370 e. The quantitative estimate of drug-likeness (QED) is 0.762. The molecule has 3 rings (SSSR count). The van der Waals surface area contributed by atoms with E-state index in [0.717, 1.165) is 42.6 Å². The van der Waals surface area contributed by atoms with Crippen LogP contribution in [0.15, 0.2) is 18.2 Å². The van der Waals surface area contributed by atoms with Crippen molar-refractivity contribution in [1.29, 1.82) is 0 Å². The van der Waals surface area contributed by atoms with Gasteiger partial charge in [-0.05, 0) is 30.5 Å². The van der Waals surface area contributed by atoms with Crippen LogP contribution in [0.2, 0.25) is 0 Å². The summed E-state index contributed by atoms with van der Waals surface area (Å²) in [6, 6.07) is 5.90. The van der Waals surface area contributed by atoms with E-state index in [1.807, 2.05) is 18.2 Å². The van der Waals surface area contributed by atoms with E-state index in [-0.39, 0.29) is 11.4 Å². The van der Waals surface area contributed by atoms with E-state index in [9.17, 15) is 4.79 Å². The first kappa shape index (κ1) is 11.7. The van der Waals surface area contributed by atoms with Gasteiger partial charge in [-0.1, -0.05) is 37.5 Å². The van der Waals surface area contributed by atoms with Gasteiger partial charge >= 0.3 is 0 Å². The molecule has 4 heteroatoms. The summed E-state index contributed by atoms with van der Waals surface area (Å²) in [5.41, 5.74) is 2.42. The molecule has 2 aliphatic rings. The van der Waals surface area contributed by atoms with Crippen molar-refractivity contribution in [3.05, 3.63) is 23.8 Å². The van der Waals surface area contributed by atoms with Gasteiger partial charge in [0.1, 0.15) is 5.54 Å². The van der Waals surface area contributed by atoms with Gasteiger partial charge in [0.25, 0.3) is 0 Å². The molecule has 1 heterocycles. The Bertz CT molecular complexity index is 507. The fourth-order valence-corrected chi connectivity index (χ4v) is 3.06. The zero-order valence-electron chi connectivity index (χ0n) is 10.2. The normalized spacial score (nSPS) is 20.8. The predicted octanol–water partition coefficient (Wildman–Crippen LogP) is 3.10. The molecular formula is C14H16N2OS. The van der Waals surface area contributed by atoms with Crippen LogP contribution in [0.1, 0.15) is 37.7 Å². The molecule has 94 valence electrons. The van der Waals surface area contributed by atoms with Gasteiger partial charge in [0.05, 0.1) is 11.4 Å². The molecule has 1 spiro atoms. The second kappa shape index (κ2) is 4.35. The average Bonchev–Trinajstić information content (AvgIpc) is 2.41. The molecule has 0 radical (unpaired) electrons. The Labute approximate surface area is 112 Å². The van der Waals surface area contributed by atoms with Gasteiger partial charge in [-0.25, -0.2) is 0 Å². The number of rotatable bonds is 1. The highest BCUT2D eigenvalue weighted by atomic mass is 32.1. The number of anilines is 2. The fourth-order valence-electron chi connectivity index (χ4n) is 2.91. The van der Waals surface area contributed by atoms with Crippen LogP contribution in [0.25, 0.3) is 0 Å². The van der Waals surface area contributed by atoms with Crippen LogP contribution in [-0.4, -0.2) is 16.8 Å². The van der Waals surface area contributed by atoms with Crippen molar-refractivity contribution in [3.8, 4) is 0 Å². The lowest BCUT2D eigenvalue weighted by atomic mass is 9.79. The number of amides is 1. The van der Waals surface area contributed by atoms with Crippen LogP contribution < -0.4 is 10.6 Å². The van der Waals surface area contributed by atoms with Crippen LogP contribution in [0.4, 0.5) is 11.4 Å². The third-order valence-electron chi connectivity index (χ3n) is 3.94. The number of carbonyl (C=O) groups is 1. The lowest BCUT2D eigenvalue weighted by molar-refractivity contribution is -0.121. The van der Waals surface area contributed by atoms with E-state index < -0.39 is 0 Å². The monoisotopic (exact) mass is 260 g/mol. The van der Waals surface area contributed by atoms with Gasteiger partial charge < -0.3 is 10.6 Å². The number of nitrogens with one attached hydrogen (secondary N) is 2. The van der Waals surface area contributed by atoms with Crippen molar-refractivity contribution < 1.29 is 4.79 Å². The predicted molar refractivity (Wildman–Crippen MR) is 77.3 cm³/mol. The van der Waals surface area contributed by atoms with Crippen molar-refractivity contribution in [3.63, 3.8) is 0 Å². The van der Waals surface area contributed by atoms with Crippen LogP contribution in [-0.2, 0) is 4.79 Å². The standard InChI is InChI=1S/C14H16N2OS/c17-13-14(6-2-1-3-7-14)16-11-5-4-10(9-18)8-12(11)15-13/h4-5,8-9,16H,1-3,6-7H2,(H,15,17). The largest absolute Gasteiger partial charge is 0.370 e. The average molecular weight is 260 g/mol. The van der Waals surface area contributed by atoms with E-state index in [1.165, 1.54) is 6.42 Å². The number of thiocarbonyl (C=S) groups is 1. The minimum absolute atomic E-state index is 0.108. The summed E-state index contributed by atoms with van der Waals surface area (Å²) < 4.78 is 0. The SMILES string of the molecule is O=C1Nc2cc(C=S)ccc2NC12CCCCC2. The number of fused-ring (bicyclic) bond motifs is 1. The summed E-state index contributed by atoms with van der Waals surface area (Å²) in [4.78, 5) is 12.3. The molecule has 18 heavy (non-hydrogen) atoms. The van der Waals surface area contributed by atoms with Crippen LogP contribution >= 0.6 is 12.2 Å². The van der Waals surface area contributed by atoms with Crippen molar-refractivity contribution in [1.82, 2.24) is 0 Å². The van der Waals surface area contributed by atoms with Gasteiger partial charge in [-0.3, -0.25) is 4.79 Å². The van der Waals surface area contributed by atoms with Crippen molar-refractivity contribution >= 4 is 34.9 Å². The molecule has 1 aromatic carbocycles. The Morgan fingerprint density at radius 1 is 1.17 bits per heavy atom. The second-order valence-electron chi connectivity index (χ2n) is 5.14. The second-order valence-corrected chi connectivity index (χ2v) is 5.38. The Kier molecular flexibility index (Phi) is 2.82. The van der Waals surface area contributed by atoms with Crippen LogP contribution in [0, 0.1) is 0 Å². The van der Waals surface area contributed by atoms with Crippen LogP contribution in [0.3, 0.4) is 0 Å². The van der Waals surface area contributed by atoms with Gasteiger partial charge in [0, 0.05) is 5.37 Å². The Morgan fingerprint density at radius 2 is 1.94 bits per heavy atom. The number of carbonyl (C=O) groups excluding carboxylic acids is 1. The Balaban J connectivity index is 1.96. The third kappa shape index (κ3) is 1.81. The molecular weight excluding hydrogens is 244 g/mol. The molecule has 2 N–H and O–H groups in total.